The van der Waals surface area contributed by atoms with E-state index in [9.17, 15) is 0 Å². The normalized spacial score (nSPS) is 21.8. The van der Waals surface area contributed by atoms with E-state index in [0.717, 1.165) is 23.3 Å². The highest BCUT2D eigenvalue weighted by Gasteiger charge is 2.31. The molecule has 4 rings (SSSR count). The van der Waals surface area contributed by atoms with Crippen molar-refractivity contribution >= 4 is 11.8 Å². The van der Waals surface area contributed by atoms with Gasteiger partial charge in [-0.3, -0.25) is 4.57 Å². The fourth-order valence-electron chi connectivity index (χ4n) is 2.74. The van der Waals surface area contributed by atoms with Crippen molar-refractivity contribution in [3.05, 3.63) is 36.2 Å². The molecule has 110 valence electrons. The van der Waals surface area contributed by atoms with Crippen LogP contribution in [-0.2, 0) is 4.74 Å². The summed E-state index contributed by atoms with van der Waals surface area (Å²) in [5.74, 6) is 2.68. The topological polar surface area (TPSA) is 39.9 Å². The number of benzene rings is 1. The smallest absolute Gasteiger partial charge is 0.195 e. The number of thioether (sulfide) groups is 1. The number of rotatable bonds is 5. The Morgan fingerprint density at radius 2 is 2.00 bits per heavy atom. The van der Waals surface area contributed by atoms with Gasteiger partial charge in [0, 0.05) is 24.0 Å². The maximum Gasteiger partial charge on any atom is 0.195 e. The Hall–Kier alpha value is -1.33. The lowest BCUT2D eigenvalue weighted by Crippen LogP contribution is -2.09. The highest BCUT2D eigenvalue weighted by Crippen LogP contribution is 2.41. The minimum absolute atomic E-state index is 0.375. The first-order chi connectivity index (χ1) is 10.4. The van der Waals surface area contributed by atoms with Crippen molar-refractivity contribution in [2.24, 2.45) is 0 Å². The molecule has 1 unspecified atom stereocenters. The molecule has 5 heteroatoms. The largest absolute Gasteiger partial charge is 0.377 e. The van der Waals surface area contributed by atoms with Gasteiger partial charge in [-0.05, 0) is 37.8 Å². The Morgan fingerprint density at radius 3 is 2.71 bits per heavy atom. The number of ether oxygens (including phenoxy) is 1. The van der Waals surface area contributed by atoms with E-state index >= 15 is 0 Å². The zero-order chi connectivity index (χ0) is 14.1. The van der Waals surface area contributed by atoms with Crippen LogP contribution >= 0.6 is 11.8 Å². The molecular formula is C16H19N3OS. The van der Waals surface area contributed by atoms with Gasteiger partial charge in [0.2, 0.25) is 0 Å². The average Bonchev–Trinajstić information content (AvgIpc) is 3.08. The van der Waals surface area contributed by atoms with E-state index in [1.54, 1.807) is 11.8 Å². The SMILES string of the molecule is c1ccc(-n2c(SCC3CCCO3)nnc2C2CC2)cc1. The summed E-state index contributed by atoms with van der Waals surface area (Å²) in [5, 5.41) is 9.88. The third kappa shape index (κ3) is 2.85. The van der Waals surface area contributed by atoms with E-state index in [0.29, 0.717) is 12.0 Å². The molecule has 21 heavy (non-hydrogen) atoms. The molecule has 1 aromatic carbocycles. The standard InChI is InChI=1S/C16H19N3OS/c1-2-5-13(6-3-1)19-15(12-8-9-12)17-18-16(19)21-11-14-7-4-10-20-14/h1-3,5-6,12,14H,4,7-11H2. The molecule has 0 spiro atoms. The van der Waals surface area contributed by atoms with E-state index in [1.807, 2.05) is 6.07 Å². The number of hydrogen-bond acceptors (Lipinski definition) is 4. The molecule has 0 amide bonds. The van der Waals surface area contributed by atoms with Crippen LogP contribution in [0.1, 0.15) is 37.4 Å². The van der Waals surface area contributed by atoms with Crippen LogP contribution in [0, 0.1) is 0 Å². The second-order valence-corrected chi connectivity index (χ2v) is 6.72. The highest BCUT2D eigenvalue weighted by molar-refractivity contribution is 7.99. The molecule has 2 aromatic rings. The predicted molar refractivity (Wildman–Crippen MR) is 83.0 cm³/mol. The second-order valence-electron chi connectivity index (χ2n) is 5.73. The van der Waals surface area contributed by atoms with Gasteiger partial charge >= 0.3 is 0 Å². The van der Waals surface area contributed by atoms with Gasteiger partial charge in [0.05, 0.1) is 6.10 Å². The minimum atomic E-state index is 0.375. The van der Waals surface area contributed by atoms with Crippen LogP contribution in [0.3, 0.4) is 0 Å². The fraction of sp³-hybridized carbons (Fsp3) is 0.500. The zero-order valence-corrected chi connectivity index (χ0v) is 12.8. The van der Waals surface area contributed by atoms with Gasteiger partial charge in [-0.15, -0.1) is 10.2 Å². The Kier molecular flexibility index (Phi) is 3.69. The molecule has 0 N–H and O–H groups in total. The van der Waals surface area contributed by atoms with Crippen LogP contribution in [-0.4, -0.2) is 33.2 Å². The van der Waals surface area contributed by atoms with Crippen molar-refractivity contribution in [3.8, 4) is 5.69 Å². The summed E-state index contributed by atoms with van der Waals surface area (Å²) in [6, 6.07) is 10.4. The monoisotopic (exact) mass is 301 g/mol. The van der Waals surface area contributed by atoms with Crippen LogP contribution in [0.5, 0.6) is 0 Å². The van der Waals surface area contributed by atoms with Crippen molar-refractivity contribution in [2.45, 2.75) is 42.9 Å². The molecule has 4 nitrogen and oxygen atoms in total. The van der Waals surface area contributed by atoms with Crippen molar-refractivity contribution in [2.75, 3.05) is 12.4 Å². The highest BCUT2D eigenvalue weighted by atomic mass is 32.2. The van der Waals surface area contributed by atoms with Crippen LogP contribution in [0.4, 0.5) is 0 Å². The Balaban J connectivity index is 1.60. The van der Waals surface area contributed by atoms with Crippen molar-refractivity contribution in [3.63, 3.8) is 0 Å². The maximum absolute atomic E-state index is 5.71. The van der Waals surface area contributed by atoms with E-state index < -0.39 is 0 Å². The molecule has 1 saturated carbocycles. The summed E-state index contributed by atoms with van der Waals surface area (Å²) >= 11 is 1.77. The molecule has 1 saturated heterocycles. The van der Waals surface area contributed by atoms with E-state index in [2.05, 4.69) is 39.0 Å². The molecule has 1 aliphatic carbocycles. The lowest BCUT2D eigenvalue weighted by molar-refractivity contribution is 0.129. The Morgan fingerprint density at radius 1 is 1.14 bits per heavy atom. The summed E-state index contributed by atoms with van der Waals surface area (Å²) in [5.41, 5.74) is 1.17. The molecule has 0 bridgehead atoms. The fourth-order valence-corrected chi connectivity index (χ4v) is 3.77. The lowest BCUT2D eigenvalue weighted by atomic mass is 10.3. The average molecular weight is 301 g/mol. The first-order valence-electron chi connectivity index (χ1n) is 7.67. The van der Waals surface area contributed by atoms with Gasteiger partial charge in [-0.1, -0.05) is 30.0 Å². The summed E-state index contributed by atoms with van der Waals surface area (Å²) in [6.45, 7) is 0.907. The second kappa shape index (κ2) is 5.81. The van der Waals surface area contributed by atoms with Crippen LogP contribution < -0.4 is 0 Å². The van der Waals surface area contributed by atoms with Crippen LogP contribution in [0.15, 0.2) is 35.5 Å². The van der Waals surface area contributed by atoms with E-state index in [-0.39, 0.29) is 0 Å². The maximum atomic E-state index is 5.71. The minimum Gasteiger partial charge on any atom is -0.377 e. The summed E-state index contributed by atoms with van der Waals surface area (Å²) in [7, 11) is 0. The third-order valence-corrected chi connectivity index (χ3v) is 5.10. The zero-order valence-electron chi connectivity index (χ0n) is 11.9. The van der Waals surface area contributed by atoms with Gasteiger partial charge < -0.3 is 4.74 Å². The summed E-state index contributed by atoms with van der Waals surface area (Å²) in [6.07, 6.45) is 5.20. The molecule has 1 aromatic heterocycles. The predicted octanol–water partition coefficient (Wildman–Crippen LogP) is 3.42. The van der Waals surface area contributed by atoms with Gasteiger partial charge in [0.25, 0.3) is 0 Å². The number of para-hydroxylation sites is 1. The van der Waals surface area contributed by atoms with Crippen molar-refractivity contribution in [1.82, 2.24) is 14.8 Å². The van der Waals surface area contributed by atoms with E-state index in [1.165, 1.54) is 31.4 Å². The molecule has 2 fully saturated rings. The van der Waals surface area contributed by atoms with Gasteiger partial charge in [0.15, 0.2) is 5.16 Å². The quantitative estimate of drug-likeness (QED) is 0.793. The Labute approximate surface area is 128 Å². The third-order valence-electron chi connectivity index (χ3n) is 4.04. The van der Waals surface area contributed by atoms with Gasteiger partial charge in [-0.25, -0.2) is 0 Å². The van der Waals surface area contributed by atoms with Crippen LogP contribution in [0.25, 0.3) is 5.69 Å². The summed E-state index contributed by atoms with van der Waals surface area (Å²) < 4.78 is 7.94. The van der Waals surface area contributed by atoms with Gasteiger partial charge in [-0.2, -0.15) is 0 Å². The first-order valence-corrected chi connectivity index (χ1v) is 8.65. The number of nitrogens with zero attached hydrogens (tertiary/aromatic N) is 3. The first kappa shape index (κ1) is 13.3. The lowest BCUT2D eigenvalue weighted by Gasteiger charge is -2.11. The number of aromatic nitrogens is 3. The van der Waals surface area contributed by atoms with Crippen LogP contribution in [0.2, 0.25) is 0 Å². The van der Waals surface area contributed by atoms with Crippen molar-refractivity contribution in [1.29, 1.82) is 0 Å². The van der Waals surface area contributed by atoms with Crippen molar-refractivity contribution < 1.29 is 4.74 Å². The molecule has 1 aliphatic heterocycles. The molecular weight excluding hydrogens is 282 g/mol. The molecule has 0 radical (unpaired) electrons. The molecule has 2 aliphatic rings. The molecule has 2 heterocycles. The van der Waals surface area contributed by atoms with Gasteiger partial charge in [0.1, 0.15) is 5.82 Å². The van der Waals surface area contributed by atoms with E-state index in [4.69, 9.17) is 4.74 Å². The Bertz CT molecular complexity index is 603. The molecule has 1 atom stereocenters. The summed E-state index contributed by atoms with van der Waals surface area (Å²) in [4.78, 5) is 0. The number of hydrogen-bond donors (Lipinski definition) is 0.